The first-order valence-corrected chi connectivity index (χ1v) is 6.45. The Balaban J connectivity index is 2.13. The monoisotopic (exact) mass is 245 g/mol. The SMILES string of the molecule is Cc1ccccc1C(=O)N(C)Cc1ccsc1. The highest BCUT2D eigenvalue weighted by Crippen LogP contribution is 2.13. The molecular formula is C14H15NOS. The highest BCUT2D eigenvalue weighted by atomic mass is 32.1. The van der Waals surface area contributed by atoms with Crippen LogP contribution in [0.4, 0.5) is 0 Å². The standard InChI is InChI=1S/C14H15NOS/c1-11-5-3-4-6-13(11)14(16)15(2)9-12-7-8-17-10-12/h3-8,10H,9H2,1-2H3. The quantitative estimate of drug-likeness (QED) is 0.812. The van der Waals surface area contributed by atoms with Gasteiger partial charge in [0.2, 0.25) is 0 Å². The predicted molar refractivity (Wildman–Crippen MR) is 71.3 cm³/mol. The van der Waals surface area contributed by atoms with Crippen molar-refractivity contribution in [1.29, 1.82) is 0 Å². The van der Waals surface area contributed by atoms with E-state index in [4.69, 9.17) is 0 Å². The number of carbonyl (C=O) groups is 1. The highest BCUT2D eigenvalue weighted by Gasteiger charge is 2.13. The number of nitrogens with zero attached hydrogens (tertiary/aromatic N) is 1. The molecule has 0 aliphatic carbocycles. The minimum atomic E-state index is 0.0781. The fraction of sp³-hybridized carbons (Fsp3) is 0.214. The molecule has 1 heterocycles. The summed E-state index contributed by atoms with van der Waals surface area (Å²) in [5.74, 6) is 0.0781. The van der Waals surface area contributed by atoms with Crippen LogP contribution >= 0.6 is 11.3 Å². The van der Waals surface area contributed by atoms with Gasteiger partial charge in [-0.05, 0) is 40.9 Å². The zero-order chi connectivity index (χ0) is 12.3. The van der Waals surface area contributed by atoms with Crippen LogP contribution in [0.15, 0.2) is 41.1 Å². The molecule has 2 nitrogen and oxygen atoms in total. The van der Waals surface area contributed by atoms with Gasteiger partial charge in [0, 0.05) is 19.2 Å². The Morgan fingerprint density at radius 2 is 2.06 bits per heavy atom. The Kier molecular flexibility index (Phi) is 3.59. The van der Waals surface area contributed by atoms with Gasteiger partial charge in [0.05, 0.1) is 0 Å². The number of aryl methyl sites for hydroxylation is 1. The van der Waals surface area contributed by atoms with Crippen LogP contribution in [-0.2, 0) is 6.54 Å². The second kappa shape index (κ2) is 5.15. The Morgan fingerprint density at radius 1 is 1.29 bits per heavy atom. The smallest absolute Gasteiger partial charge is 0.254 e. The van der Waals surface area contributed by atoms with Crippen LogP contribution in [0.1, 0.15) is 21.5 Å². The molecule has 1 amide bonds. The second-order valence-electron chi connectivity index (χ2n) is 4.11. The molecule has 0 N–H and O–H groups in total. The van der Waals surface area contributed by atoms with Gasteiger partial charge >= 0.3 is 0 Å². The zero-order valence-corrected chi connectivity index (χ0v) is 10.8. The van der Waals surface area contributed by atoms with E-state index in [0.717, 1.165) is 11.1 Å². The van der Waals surface area contributed by atoms with Crippen molar-refractivity contribution in [3.05, 3.63) is 57.8 Å². The third-order valence-corrected chi connectivity index (χ3v) is 3.45. The zero-order valence-electron chi connectivity index (χ0n) is 10.0. The van der Waals surface area contributed by atoms with Gasteiger partial charge in [-0.3, -0.25) is 4.79 Å². The summed E-state index contributed by atoms with van der Waals surface area (Å²) in [5.41, 5.74) is 2.99. The maximum atomic E-state index is 12.2. The van der Waals surface area contributed by atoms with Crippen molar-refractivity contribution < 1.29 is 4.79 Å². The number of thiophene rings is 1. The molecule has 0 atom stereocenters. The third-order valence-electron chi connectivity index (χ3n) is 2.72. The van der Waals surface area contributed by atoms with E-state index in [0.29, 0.717) is 6.54 Å². The predicted octanol–water partition coefficient (Wildman–Crippen LogP) is 3.33. The molecule has 0 spiro atoms. The van der Waals surface area contributed by atoms with Crippen LogP contribution in [-0.4, -0.2) is 17.9 Å². The Bertz CT molecular complexity index is 505. The molecule has 2 aromatic rings. The molecule has 0 radical (unpaired) electrons. The van der Waals surface area contributed by atoms with Crippen molar-refractivity contribution >= 4 is 17.2 Å². The first-order chi connectivity index (χ1) is 8.18. The van der Waals surface area contributed by atoms with Crippen LogP contribution in [0.3, 0.4) is 0 Å². The number of carbonyl (C=O) groups excluding carboxylic acids is 1. The average molecular weight is 245 g/mol. The second-order valence-corrected chi connectivity index (χ2v) is 4.89. The molecule has 0 unspecified atom stereocenters. The van der Waals surface area contributed by atoms with Crippen molar-refractivity contribution in [3.63, 3.8) is 0 Å². The van der Waals surface area contributed by atoms with E-state index >= 15 is 0 Å². The van der Waals surface area contributed by atoms with E-state index < -0.39 is 0 Å². The molecule has 3 heteroatoms. The maximum Gasteiger partial charge on any atom is 0.254 e. The fourth-order valence-corrected chi connectivity index (χ4v) is 2.41. The van der Waals surface area contributed by atoms with Gasteiger partial charge in [-0.25, -0.2) is 0 Å². The van der Waals surface area contributed by atoms with Gasteiger partial charge in [0.15, 0.2) is 0 Å². The summed E-state index contributed by atoms with van der Waals surface area (Å²) in [5, 5.41) is 4.10. The summed E-state index contributed by atoms with van der Waals surface area (Å²) in [6.07, 6.45) is 0. The molecule has 0 aliphatic rings. The van der Waals surface area contributed by atoms with Gasteiger partial charge in [-0.2, -0.15) is 11.3 Å². The Labute approximate surface area is 106 Å². The third kappa shape index (κ3) is 2.74. The van der Waals surface area contributed by atoms with Gasteiger partial charge in [0.1, 0.15) is 0 Å². The summed E-state index contributed by atoms with van der Waals surface area (Å²) >= 11 is 1.65. The summed E-state index contributed by atoms with van der Waals surface area (Å²) in [6.45, 7) is 2.63. The van der Waals surface area contributed by atoms with E-state index in [1.54, 1.807) is 16.2 Å². The molecule has 2 rings (SSSR count). The maximum absolute atomic E-state index is 12.2. The summed E-state index contributed by atoms with van der Waals surface area (Å²) in [4.78, 5) is 14.0. The Morgan fingerprint density at radius 3 is 2.71 bits per heavy atom. The molecule has 0 saturated heterocycles. The number of hydrogen-bond acceptors (Lipinski definition) is 2. The van der Waals surface area contributed by atoms with Gasteiger partial charge in [-0.15, -0.1) is 0 Å². The lowest BCUT2D eigenvalue weighted by Crippen LogP contribution is -2.26. The highest BCUT2D eigenvalue weighted by molar-refractivity contribution is 7.07. The van der Waals surface area contributed by atoms with Crippen LogP contribution in [0.25, 0.3) is 0 Å². The first-order valence-electron chi connectivity index (χ1n) is 5.50. The van der Waals surface area contributed by atoms with Crippen molar-refractivity contribution in [2.45, 2.75) is 13.5 Å². The van der Waals surface area contributed by atoms with Gasteiger partial charge in [-0.1, -0.05) is 18.2 Å². The number of benzene rings is 1. The molecule has 88 valence electrons. The van der Waals surface area contributed by atoms with E-state index in [2.05, 4.69) is 5.38 Å². The number of hydrogen-bond donors (Lipinski definition) is 0. The molecular weight excluding hydrogens is 230 g/mol. The molecule has 0 saturated carbocycles. The fourth-order valence-electron chi connectivity index (χ4n) is 1.75. The van der Waals surface area contributed by atoms with Gasteiger partial charge in [0.25, 0.3) is 5.91 Å². The molecule has 1 aromatic carbocycles. The lowest BCUT2D eigenvalue weighted by molar-refractivity contribution is 0.0784. The van der Waals surface area contributed by atoms with Crippen LogP contribution < -0.4 is 0 Å². The lowest BCUT2D eigenvalue weighted by atomic mass is 10.1. The van der Waals surface area contributed by atoms with Crippen LogP contribution in [0, 0.1) is 6.92 Å². The minimum Gasteiger partial charge on any atom is -0.337 e. The summed E-state index contributed by atoms with van der Waals surface area (Å²) in [6, 6.07) is 9.74. The van der Waals surface area contributed by atoms with E-state index in [1.807, 2.05) is 49.7 Å². The van der Waals surface area contributed by atoms with E-state index in [9.17, 15) is 4.79 Å². The molecule has 17 heavy (non-hydrogen) atoms. The molecule has 0 fully saturated rings. The van der Waals surface area contributed by atoms with Crippen molar-refractivity contribution in [2.24, 2.45) is 0 Å². The van der Waals surface area contributed by atoms with Crippen molar-refractivity contribution in [3.8, 4) is 0 Å². The average Bonchev–Trinajstić information content (AvgIpc) is 2.81. The minimum absolute atomic E-state index is 0.0781. The van der Waals surface area contributed by atoms with Crippen LogP contribution in [0.5, 0.6) is 0 Å². The summed E-state index contributed by atoms with van der Waals surface area (Å²) in [7, 11) is 1.84. The largest absolute Gasteiger partial charge is 0.337 e. The molecule has 0 aliphatic heterocycles. The summed E-state index contributed by atoms with van der Waals surface area (Å²) < 4.78 is 0. The van der Waals surface area contributed by atoms with E-state index in [1.165, 1.54) is 5.56 Å². The van der Waals surface area contributed by atoms with Crippen molar-refractivity contribution in [2.75, 3.05) is 7.05 Å². The van der Waals surface area contributed by atoms with E-state index in [-0.39, 0.29) is 5.91 Å². The van der Waals surface area contributed by atoms with Crippen LogP contribution in [0.2, 0.25) is 0 Å². The first kappa shape index (κ1) is 11.9. The normalized spacial score (nSPS) is 10.2. The number of amides is 1. The number of rotatable bonds is 3. The van der Waals surface area contributed by atoms with Gasteiger partial charge < -0.3 is 4.90 Å². The lowest BCUT2D eigenvalue weighted by Gasteiger charge is -2.17. The molecule has 0 bridgehead atoms. The molecule has 1 aromatic heterocycles. The Hall–Kier alpha value is -1.61. The topological polar surface area (TPSA) is 20.3 Å². The van der Waals surface area contributed by atoms with Crippen molar-refractivity contribution in [1.82, 2.24) is 4.90 Å².